The fraction of sp³-hybridized carbons (Fsp3) is 0.500. The zero-order valence-corrected chi connectivity index (χ0v) is 11.3. The maximum absolute atomic E-state index is 11.6. The van der Waals surface area contributed by atoms with Crippen LogP contribution in [-0.2, 0) is 4.79 Å². The molecule has 8 heteroatoms. The van der Waals surface area contributed by atoms with Gasteiger partial charge in [-0.05, 0) is 13.3 Å². The van der Waals surface area contributed by atoms with Crippen molar-refractivity contribution in [2.24, 2.45) is 0 Å². The smallest absolute Gasteiger partial charge is 0.374 e. The largest absolute Gasteiger partial charge is 0.475 e. The molecule has 1 rings (SSSR count). The van der Waals surface area contributed by atoms with Crippen molar-refractivity contribution in [2.45, 2.75) is 32.7 Å². The van der Waals surface area contributed by atoms with E-state index in [1.807, 2.05) is 13.8 Å². The Morgan fingerprint density at radius 3 is 2.70 bits per heavy atom. The van der Waals surface area contributed by atoms with Crippen LogP contribution in [0.15, 0.2) is 10.6 Å². The normalized spacial score (nSPS) is 11.7. The molecule has 1 atom stereocenters. The highest BCUT2D eigenvalue weighted by atomic mass is 16.5. The third-order valence-electron chi connectivity index (χ3n) is 2.61. The van der Waals surface area contributed by atoms with E-state index >= 15 is 0 Å². The van der Waals surface area contributed by atoms with E-state index in [0.717, 1.165) is 12.5 Å². The lowest BCUT2D eigenvalue weighted by Crippen LogP contribution is -2.35. The monoisotopic (exact) mass is 283 g/mol. The Labute approximate surface area is 115 Å². The van der Waals surface area contributed by atoms with E-state index in [0.29, 0.717) is 0 Å². The molecule has 0 aromatic carbocycles. The molecule has 8 nitrogen and oxygen atoms in total. The number of aromatic nitrogens is 1. The number of nitrogens with one attached hydrogen (secondary N) is 2. The summed E-state index contributed by atoms with van der Waals surface area (Å²) in [4.78, 5) is 33.6. The topological polar surface area (TPSA) is 122 Å². The van der Waals surface area contributed by atoms with Crippen molar-refractivity contribution in [1.29, 1.82) is 0 Å². The van der Waals surface area contributed by atoms with Crippen LogP contribution in [0.1, 0.15) is 47.7 Å². The predicted molar refractivity (Wildman–Crippen MR) is 68.3 cm³/mol. The van der Waals surface area contributed by atoms with Gasteiger partial charge in [0.25, 0.3) is 5.91 Å². The number of carboxylic acid groups (broad SMARTS) is 1. The first kappa shape index (κ1) is 15.7. The molecule has 3 N–H and O–H groups in total. The Morgan fingerprint density at radius 1 is 1.45 bits per heavy atom. The van der Waals surface area contributed by atoms with E-state index in [1.54, 1.807) is 0 Å². The summed E-state index contributed by atoms with van der Waals surface area (Å²) in [7, 11) is 0. The molecule has 0 saturated carbocycles. The average Bonchev–Trinajstić information content (AvgIpc) is 2.88. The van der Waals surface area contributed by atoms with Crippen molar-refractivity contribution >= 4 is 17.8 Å². The molecule has 1 unspecified atom stereocenters. The summed E-state index contributed by atoms with van der Waals surface area (Å²) in [6.45, 7) is 3.98. The van der Waals surface area contributed by atoms with Gasteiger partial charge in [0, 0.05) is 25.1 Å². The highest BCUT2D eigenvalue weighted by Gasteiger charge is 2.16. The molecule has 0 aliphatic rings. The molecule has 0 spiro atoms. The number of nitrogens with zero attached hydrogens (tertiary/aromatic N) is 1. The fourth-order valence-corrected chi connectivity index (χ4v) is 1.31. The van der Waals surface area contributed by atoms with Crippen LogP contribution in [-0.4, -0.2) is 40.6 Å². The molecule has 1 aromatic rings. The SMILES string of the molecule is CCC(C)NC(=O)CCNC(=O)c1cc(C(=O)O)on1. The van der Waals surface area contributed by atoms with Gasteiger partial charge in [0.2, 0.25) is 11.7 Å². The molecule has 0 saturated heterocycles. The lowest BCUT2D eigenvalue weighted by atomic mass is 10.2. The first-order valence-electron chi connectivity index (χ1n) is 6.21. The van der Waals surface area contributed by atoms with Crippen molar-refractivity contribution in [3.05, 3.63) is 17.5 Å². The quantitative estimate of drug-likeness (QED) is 0.666. The molecule has 110 valence electrons. The van der Waals surface area contributed by atoms with Crippen molar-refractivity contribution in [3.63, 3.8) is 0 Å². The third kappa shape index (κ3) is 4.71. The molecule has 0 radical (unpaired) electrons. The van der Waals surface area contributed by atoms with Crippen LogP contribution in [0, 0.1) is 0 Å². The van der Waals surface area contributed by atoms with Gasteiger partial charge >= 0.3 is 5.97 Å². The summed E-state index contributed by atoms with van der Waals surface area (Å²) in [6.07, 6.45) is 0.967. The first-order valence-corrected chi connectivity index (χ1v) is 6.21. The summed E-state index contributed by atoms with van der Waals surface area (Å²) in [5, 5.41) is 17.2. The molecule has 2 amide bonds. The zero-order chi connectivity index (χ0) is 15.1. The van der Waals surface area contributed by atoms with Crippen LogP contribution in [0.3, 0.4) is 0 Å². The van der Waals surface area contributed by atoms with Gasteiger partial charge < -0.3 is 20.3 Å². The number of amides is 2. The summed E-state index contributed by atoms with van der Waals surface area (Å²) in [5.74, 6) is -2.46. The van der Waals surface area contributed by atoms with Crippen LogP contribution < -0.4 is 10.6 Å². The zero-order valence-electron chi connectivity index (χ0n) is 11.3. The Kier molecular flexibility index (Phi) is 5.70. The Morgan fingerprint density at radius 2 is 2.15 bits per heavy atom. The lowest BCUT2D eigenvalue weighted by molar-refractivity contribution is -0.121. The molecule has 0 bridgehead atoms. The second-order valence-corrected chi connectivity index (χ2v) is 4.26. The van der Waals surface area contributed by atoms with Crippen LogP contribution in [0.2, 0.25) is 0 Å². The number of carboxylic acids is 1. The van der Waals surface area contributed by atoms with Gasteiger partial charge in [0.1, 0.15) is 0 Å². The van der Waals surface area contributed by atoms with Gasteiger partial charge in [0.15, 0.2) is 5.69 Å². The minimum atomic E-state index is -1.30. The van der Waals surface area contributed by atoms with E-state index in [1.165, 1.54) is 0 Å². The summed E-state index contributed by atoms with van der Waals surface area (Å²) < 4.78 is 4.45. The van der Waals surface area contributed by atoms with Crippen molar-refractivity contribution in [1.82, 2.24) is 15.8 Å². The van der Waals surface area contributed by atoms with Gasteiger partial charge in [0.05, 0.1) is 0 Å². The number of rotatable bonds is 7. The Hall–Kier alpha value is -2.38. The van der Waals surface area contributed by atoms with E-state index in [-0.39, 0.29) is 30.6 Å². The molecule has 1 aromatic heterocycles. The number of hydrogen-bond donors (Lipinski definition) is 3. The van der Waals surface area contributed by atoms with Crippen molar-refractivity contribution in [3.8, 4) is 0 Å². The van der Waals surface area contributed by atoms with E-state index in [9.17, 15) is 14.4 Å². The molecule has 0 aliphatic carbocycles. The first-order chi connectivity index (χ1) is 9.43. The Bertz CT molecular complexity index is 497. The number of carbonyl (C=O) groups is 3. The number of carbonyl (C=O) groups excluding carboxylic acids is 2. The molecule has 0 aliphatic heterocycles. The second-order valence-electron chi connectivity index (χ2n) is 4.26. The van der Waals surface area contributed by atoms with Gasteiger partial charge in [-0.25, -0.2) is 4.79 Å². The van der Waals surface area contributed by atoms with Crippen molar-refractivity contribution < 1.29 is 24.0 Å². The Balaban J connectivity index is 2.36. The highest BCUT2D eigenvalue weighted by molar-refractivity contribution is 5.95. The number of hydrogen-bond acceptors (Lipinski definition) is 5. The minimum Gasteiger partial charge on any atom is -0.475 e. The minimum absolute atomic E-state index is 0.0897. The third-order valence-corrected chi connectivity index (χ3v) is 2.61. The summed E-state index contributed by atoms with van der Waals surface area (Å²) in [5.41, 5.74) is -0.135. The standard InChI is InChI=1S/C12H17N3O5/c1-3-7(2)14-10(16)4-5-13-11(17)8-6-9(12(18)19)20-15-8/h6-7H,3-5H2,1-2H3,(H,13,17)(H,14,16)(H,18,19). The van der Waals surface area contributed by atoms with Crippen LogP contribution in [0.25, 0.3) is 0 Å². The van der Waals surface area contributed by atoms with Gasteiger partial charge in [-0.15, -0.1) is 0 Å². The van der Waals surface area contributed by atoms with E-state index in [4.69, 9.17) is 5.11 Å². The summed E-state index contributed by atoms with van der Waals surface area (Å²) >= 11 is 0. The fourth-order valence-electron chi connectivity index (χ4n) is 1.31. The molecular weight excluding hydrogens is 266 g/mol. The highest BCUT2D eigenvalue weighted by Crippen LogP contribution is 2.03. The molecule has 20 heavy (non-hydrogen) atoms. The second kappa shape index (κ2) is 7.27. The average molecular weight is 283 g/mol. The van der Waals surface area contributed by atoms with Crippen molar-refractivity contribution in [2.75, 3.05) is 6.54 Å². The lowest BCUT2D eigenvalue weighted by Gasteiger charge is -2.11. The maximum Gasteiger partial charge on any atom is 0.374 e. The van der Waals surface area contributed by atoms with Gasteiger partial charge in [-0.2, -0.15) is 0 Å². The molecule has 0 fully saturated rings. The predicted octanol–water partition coefficient (Wildman–Crippen LogP) is 0.407. The molecule has 1 heterocycles. The molecular formula is C12H17N3O5. The summed E-state index contributed by atoms with van der Waals surface area (Å²) in [6, 6.07) is 1.11. The van der Waals surface area contributed by atoms with Gasteiger partial charge in [-0.3, -0.25) is 9.59 Å². The van der Waals surface area contributed by atoms with E-state index < -0.39 is 17.6 Å². The van der Waals surface area contributed by atoms with Crippen LogP contribution in [0.5, 0.6) is 0 Å². The maximum atomic E-state index is 11.6. The van der Waals surface area contributed by atoms with Gasteiger partial charge in [-0.1, -0.05) is 12.1 Å². The van der Waals surface area contributed by atoms with Crippen LogP contribution >= 0.6 is 0 Å². The number of aromatic carboxylic acids is 1. The van der Waals surface area contributed by atoms with Crippen LogP contribution in [0.4, 0.5) is 0 Å². The van der Waals surface area contributed by atoms with E-state index in [2.05, 4.69) is 20.3 Å².